The first-order valence-corrected chi connectivity index (χ1v) is 9.75. The van der Waals surface area contributed by atoms with Gasteiger partial charge < -0.3 is 15.2 Å². The van der Waals surface area contributed by atoms with Crippen LogP contribution in [0.2, 0.25) is 0 Å². The molecule has 2 heterocycles. The lowest BCUT2D eigenvalue weighted by Crippen LogP contribution is -2.35. The Morgan fingerprint density at radius 2 is 1.96 bits per heavy atom. The fourth-order valence-electron chi connectivity index (χ4n) is 4.46. The number of rotatable bonds is 3. The van der Waals surface area contributed by atoms with Gasteiger partial charge in [-0.25, -0.2) is 0 Å². The zero-order valence-corrected chi connectivity index (χ0v) is 16.1. The molecule has 0 saturated carbocycles. The number of hydrogen-bond donors (Lipinski definition) is 2. The first kappa shape index (κ1) is 17.3. The van der Waals surface area contributed by atoms with E-state index in [1.54, 1.807) is 0 Å². The van der Waals surface area contributed by atoms with Crippen molar-refractivity contribution in [1.82, 2.24) is 9.88 Å². The maximum Gasteiger partial charge on any atom is 0.165 e. The number of aromatic nitrogens is 1. The van der Waals surface area contributed by atoms with Crippen molar-refractivity contribution >= 4 is 11.5 Å². The number of hydrogen-bond acceptors (Lipinski definition) is 3. The second kappa shape index (κ2) is 6.58. The lowest BCUT2D eigenvalue weighted by Gasteiger charge is -2.30. The van der Waals surface area contributed by atoms with Gasteiger partial charge in [0.1, 0.15) is 0 Å². The molecule has 2 aliphatic rings. The Labute approximate surface area is 156 Å². The summed E-state index contributed by atoms with van der Waals surface area (Å²) in [7, 11) is 0. The standard InChI is InChI=1S/C22H29N3O/c1-15-14-25(19-12-22(2,3)13-20(26)21(15)19)18-6-4-5-17(11-18)24-16-7-9-23-10-8-16/h4-6,11,14,16,23-24H,7-10,12-13H2,1-3H3. The number of Topliss-reactive ketones (excluding diaryl/α,β-unsaturated/α-hetero) is 1. The van der Waals surface area contributed by atoms with Crippen molar-refractivity contribution in [3.05, 3.63) is 47.3 Å². The van der Waals surface area contributed by atoms with Gasteiger partial charge in [0.15, 0.2) is 5.78 Å². The van der Waals surface area contributed by atoms with Crippen LogP contribution in [0.5, 0.6) is 0 Å². The van der Waals surface area contributed by atoms with E-state index in [2.05, 4.69) is 66.4 Å². The summed E-state index contributed by atoms with van der Waals surface area (Å²) in [6.45, 7) is 8.60. The average Bonchev–Trinajstić information content (AvgIpc) is 2.91. The van der Waals surface area contributed by atoms with E-state index >= 15 is 0 Å². The van der Waals surface area contributed by atoms with Crippen LogP contribution in [0.1, 0.15) is 54.7 Å². The van der Waals surface area contributed by atoms with Gasteiger partial charge in [-0.1, -0.05) is 19.9 Å². The van der Waals surface area contributed by atoms with Crippen LogP contribution in [0.3, 0.4) is 0 Å². The highest BCUT2D eigenvalue weighted by Crippen LogP contribution is 2.38. The molecule has 0 spiro atoms. The van der Waals surface area contributed by atoms with E-state index in [1.165, 1.54) is 5.69 Å². The summed E-state index contributed by atoms with van der Waals surface area (Å²) >= 11 is 0. The number of anilines is 1. The lowest BCUT2D eigenvalue weighted by atomic mass is 9.75. The zero-order valence-electron chi connectivity index (χ0n) is 16.1. The summed E-state index contributed by atoms with van der Waals surface area (Å²) in [5, 5.41) is 7.09. The van der Waals surface area contributed by atoms with Crippen molar-refractivity contribution in [2.24, 2.45) is 5.41 Å². The molecule has 1 aromatic heterocycles. The van der Waals surface area contributed by atoms with Crippen LogP contribution in [0.15, 0.2) is 30.5 Å². The van der Waals surface area contributed by atoms with Gasteiger partial charge >= 0.3 is 0 Å². The highest BCUT2D eigenvalue weighted by atomic mass is 16.1. The molecule has 138 valence electrons. The molecule has 1 aliphatic heterocycles. The molecule has 26 heavy (non-hydrogen) atoms. The van der Waals surface area contributed by atoms with Gasteiger partial charge in [-0.05, 0) is 68.5 Å². The van der Waals surface area contributed by atoms with E-state index in [-0.39, 0.29) is 11.2 Å². The highest BCUT2D eigenvalue weighted by Gasteiger charge is 2.34. The molecule has 0 atom stereocenters. The van der Waals surface area contributed by atoms with E-state index in [4.69, 9.17) is 0 Å². The summed E-state index contributed by atoms with van der Waals surface area (Å²) < 4.78 is 2.23. The van der Waals surface area contributed by atoms with Gasteiger partial charge in [-0.15, -0.1) is 0 Å². The Hall–Kier alpha value is -2.07. The molecule has 4 heteroatoms. The molecule has 1 aliphatic carbocycles. The number of benzene rings is 1. The third-order valence-electron chi connectivity index (χ3n) is 5.69. The van der Waals surface area contributed by atoms with Gasteiger partial charge in [0.2, 0.25) is 0 Å². The molecule has 1 saturated heterocycles. The fraction of sp³-hybridized carbons (Fsp3) is 0.500. The first-order valence-electron chi connectivity index (χ1n) is 9.75. The Morgan fingerprint density at radius 3 is 2.73 bits per heavy atom. The first-order chi connectivity index (χ1) is 12.4. The Bertz CT molecular complexity index is 828. The average molecular weight is 351 g/mol. The number of nitrogens with zero attached hydrogens (tertiary/aromatic N) is 1. The normalized spacial score (nSPS) is 20.0. The summed E-state index contributed by atoms with van der Waals surface area (Å²) in [6.07, 6.45) is 6.03. The lowest BCUT2D eigenvalue weighted by molar-refractivity contribution is 0.0910. The molecular formula is C22H29N3O. The van der Waals surface area contributed by atoms with Crippen LogP contribution in [0, 0.1) is 12.3 Å². The number of aryl methyl sites for hydroxylation is 1. The largest absolute Gasteiger partial charge is 0.382 e. The summed E-state index contributed by atoms with van der Waals surface area (Å²) in [5.74, 6) is 0.288. The van der Waals surface area contributed by atoms with Gasteiger partial charge in [0, 0.05) is 41.3 Å². The monoisotopic (exact) mass is 351 g/mol. The summed E-state index contributed by atoms with van der Waals surface area (Å²) in [5.41, 5.74) is 5.54. The van der Waals surface area contributed by atoms with E-state index in [0.29, 0.717) is 12.5 Å². The van der Waals surface area contributed by atoms with Crippen LogP contribution in [0.25, 0.3) is 5.69 Å². The third kappa shape index (κ3) is 3.30. The summed E-state index contributed by atoms with van der Waals surface area (Å²) in [6, 6.07) is 9.14. The van der Waals surface area contributed by atoms with Gasteiger partial charge in [0.05, 0.1) is 0 Å². The van der Waals surface area contributed by atoms with Gasteiger partial charge in [-0.3, -0.25) is 4.79 Å². The van der Waals surface area contributed by atoms with E-state index in [0.717, 1.165) is 54.9 Å². The molecule has 1 aromatic carbocycles. The van der Waals surface area contributed by atoms with E-state index < -0.39 is 0 Å². The minimum atomic E-state index is 0.0254. The minimum absolute atomic E-state index is 0.0254. The Balaban J connectivity index is 1.67. The van der Waals surface area contributed by atoms with Gasteiger partial charge in [-0.2, -0.15) is 0 Å². The maximum absolute atomic E-state index is 12.7. The number of fused-ring (bicyclic) bond motifs is 1. The molecule has 2 N–H and O–H groups in total. The van der Waals surface area contributed by atoms with Crippen molar-refractivity contribution in [2.75, 3.05) is 18.4 Å². The Morgan fingerprint density at radius 1 is 1.19 bits per heavy atom. The molecule has 2 aromatic rings. The second-order valence-electron chi connectivity index (χ2n) is 8.66. The van der Waals surface area contributed by atoms with Crippen molar-refractivity contribution in [2.45, 2.75) is 52.5 Å². The molecule has 0 amide bonds. The molecule has 4 nitrogen and oxygen atoms in total. The van der Waals surface area contributed by atoms with E-state index in [1.807, 2.05) is 0 Å². The molecule has 0 bridgehead atoms. The summed E-state index contributed by atoms with van der Waals surface area (Å²) in [4.78, 5) is 12.7. The molecule has 0 unspecified atom stereocenters. The molecule has 0 radical (unpaired) electrons. The van der Waals surface area contributed by atoms with Crippen LogP contribution >= 0.6 is 0 Å². The van der Waals surface area contributed by atoms with Crippen molar-refractivity contribution < 1.29 is 4.79 Å². The van der Waals surface area contributed by atoms with Crippen LogP contribution in [-0.4, -0.2) is 29.5 Å². The van der Waals surface area contributed by atoms with Crippen molar-refractivity contribution in [3.8, 4) is 5.69 Å². The Kier molecular flexibility index (Phi) is 4.39. The topological polar surface area (TPSA) is 46.1 Å². The smallest absolute Gasteiger partial charge is 0.165 e. The number of carbonyl (C=O) groups excluding carboxylic acids is 1. The minimum Gasteiger partial charge on any atom is -0.382 e. The molecule has 1 fully saturated rings. The maximum atomic E-state index is 12.7. The number of nitrogens with one attached hydrogen (secondary N) is 2. The second-order valence-corrected chi connectivity index (χ2v) is 8.66. The van der Waals surface area contributed by atoms with Crippen LogP contribution in [0.4, 0.5) is 5.69 Å². The number of piperidine rings is 1. The molecule has 4 rings (SSSR count). The predicted octanol–water partition coefficient (Wildman–Crippen LogP) is 4.10. The third-order valence-corrected chi connectivity index (χ3v) is 5.69. The van der Waals surface area contributed by atoms with Crippen LogP contribution < -0.4 is 10.6 Å². The SMILES string of the molecule is Cc1cn(-c2cccc(NC3CCNCC3)c2)c2c1C(=O)CC(C)(C)C2. The van der Waals surface area contributed by atoms with Crippen LogP contribution in [-0.2, 0) is 6.42 Å². The number of ketones is 1. The fourth-order valence-corrected chi connectivity index (χ4v) is 4.46. The quantitative estimate of drug-likeness (QED) is 0.875. The van der Waals surface area contributed by atoms with Crippen molar-refractivity contribution in [1.29, 1.82) is 0 Å². The van der Waals surface area contributed by atoms with Crippen molar-refractivity contribution in [3.63, 3.8) is 0 Å². The van der Waals surface area contributed by atoms with Gasteiger partial charge in [0.25, 0.3) is 0 Å². The molecular weight excluding hydrogens is 322 g/mol. The highest BCUT2D eigenvalue weighted by molar-refractivity contribution is 6.00. The zero-order chi connectivity index (χ0) is 18.3. The predicted molar refractivity (Wildman–Crippen MR) is 106 cm³/mol. The number of carbonyl (C=O) groups is 1. The van der Waals surface area contributed by atoms with E-state index in [9.17, 15) is 4.79 Å².